The number of aryl methyl sites for hydroxylation is 1. The first-order valence-electron chi connectivity index (χ1n) is 5.98. The van der Waals surface area contributed by atoms with Crippen LogP contribution >= 0.6 is 0 Å². The van der Waals surface area contributed by atoms with Crippen molar-refractivity contribution in [2.24, 2.45) is 0 Å². The third-order valence-corrected chi connectivity index (χ3v) is 2.44. The van der Waals surface area contributed by atoms with Gasteiger partial charge in [0.05, 0.1) is 6.20 Å². The Kier molecular flexibility index (Phi) is 4.43. The summed E-state index contributed by atoms with van der Waals surface area (Å²) < 4.78 is 0. The first-order chi connectivity index (χ1) is 9.69. The lowest BCUT2D eigenvalue weighted by molar-refractivity contribution is 0.102. The third kappa shape index (κ3) is 3.64. The highest BCUT2D eigenvalue weighted by molar-refractivity contribution is 6.02. The van der Waals surface area contributed by atoms with Crippen molar-refractivity contribution in [2.45, 2.75) is 6.92 Å². The standard InChI is InChI=1S/C15H13N3O2/c1-11-7-12(3-2-6-19)9-13(8-11)18-15(20)14-10-16-4-5-17-14/h4-5,7-10,19H,6H2,1H3,(H,18,20). The zero-order valence-corrected chi connectivity index (χ0v) is 10.9. The van der Waals surface area contributed by atoms with E-state index in [1.54, 1.807) is 6.07 Å². The molecule has 0 fully saturated rings. The number of rotatable bonds is 2. The highest BCUT2D eigenvalue weighted by Gasteiger charge is 2.07. The summed E-state index contributed by atoms with van der Waals surface area (Å²) in [6, 6.07) is 5.45. The van der Waals surface area contributed by atoms with Crippen molar-refractivity contribution in [3.8, 4) is 11.8 Å². The van der Waals surface area contributed by atoms with Crippen LogP contribution in [0, 0.1) is 18.8 Å². The number of carbonyl (C=O) groups is 1. The van der Waals surface area contributed by atoms with E-state index >= 15 is 0 Å². The molecule has 1 aromatic carbocycles. The fourth-order valence-corrected chi connectivity index (χ4v) is 1.68. The molecule has 0 unspecified atom stereocenters. The lowest BCUT2D eigenvalue weighted by Gasteiger charge is -2.06. The minimum atomic E-state index is -0.329. The summed E-state index contributed by atoms with van der Waals surface area (Å²) in [5.74, 6) is 5.05. The Bertz CT molecular complexity index is 673. The summed E-state index contributed by atoms with van der Waals surface area (Å²) in [6.45, 7) is 1.71. The molecule has 1 amide bonds. The second-order valence-electron chi connectivity index (χ2n) is 4.09. The van der Waals surface area contributed by atoms with Crippen LogP contribution < -0.4 is 5.32 Å². The van der Waals surface area contributed by atoms with Gasteiger partial charge in [0, 0.05) is 23.6 Å². The molecule has 1 heterocycles. The van der Waals surface area contributed by atoms with Gasteiger partial charge in [0.15, 0.2) is 0 Å². The van der Waals surface area contributed by atoms with Gasteiger partial charge in [0.1, 0.15) is 12.3 Å². The van der Waals surface area contributed by atoms with E-state index < -0.39 is 0 Å². The van der Waals surface area contributed by atoms with E-state index in [4.69, 9.17) is 5.11 Å². The maximum atomic E-state index is 12.0. The first-order valence-corrected chi connectivity index (χ1v) is 5.98. The molecule has 1 aromatic heterocycles. The predicted molar refractivity (Wildman–Crippen MR) is 75.1 cm³/mol. The number of nitrogens with zero attached hydrogens (tertiary/aromatic N) is 2. The van der Waals surface area contributed by atoms with Crippen molar-refractivity contribution in [1.29, 1.82) is 0 Å². The van der Waals surface area contributed by atoms with Gasteiger partial charge in [-0.25, -0.2) is 4.98 Å². The molecule has 0 radical (unpaired) electrons. The van der Waals surface area contributed by atoms with Gasteiger partial charge >= 0.3 is 0 Å². The number of hydrogen-bond acceptors (Lipinski definition) is 4. The maximum Gasteiger partial charge on any atom is 0.275 e. The highest BCUT2D eigenvalue weighted by atomic mass is 16.2. The lowest BCUT2D eigenvalue weighted by atomic mass is 10.1. The number of benzene rings is 1. The van der Waals surface area contributed by atoms with Crippen molar-refractivity contribution >= 4 is 11.6 Å². The van der Waals surface area contributed by atoms with Crippen LogP contribution in [0.15, 0.2) is 36.8 Å². The molecule has 2 rings (SSSR count). The molecule has 0 aliphatic carbocycles. The molecule has 20 heavy (non-hydrogen) atoms. The van der Waals surface area contributed by atoms with E-state index in [0.717, 1.165) is 11.1 Å². The maximum absolute atomic E-state index is 12.0. The topological polar surface area (TPSA) is 75.1 Å². The van der Waals surface area contributed by atoms with Crippen LogP contribution in [0.4, 0.5) is 5.69 Å². The molecule has 5 nitrogen and oxygen atoms in total. The van der Waals surface area contributed by atoms with Crippen molar-refractivity contribution in [2.75, 3.05) is 11.9 Å². The fourth-order valence-electron chi connectivity index (χ4n) is 1.68. The number of aliphatic hydroxyl groups excluding tert-OH is 1. The minimum Gasteiger partial charge on any atom is -0.384 e. The molecule has 0 aliphatic rings. The van der Waals surface area contributed by atoms with Gasteiger partial charge in [0.2, 0.25) is 0 Å². The Labute approximate surface area is 116 Å². The number of aliphatic hydroxyl groups is 1. The second-order valence-corrected chi connectivity index (χ2v) is 4.09. The van der Waals surface area contributed by atoms with Gasteiger partial charge in [-0.3, -0.25) is 9.78 Å². The highest BCUT2D eigenvalue weighted by Crippen LogP contribution is 2.14. The summed E-state index contributed by atoms with van der Waals surface area (Å²) >= 11 is 0. The minimum absolute atomic E-state index is 0.199. The van der Waals surface area contributed by atoms with Crippen LogP contribution in [-0.4, -0.2) is 27.6 Å². The predicted octanol–water partition coefficient (Wildman–Crippen LogP) is 1.38. The van der Waals surface area contributed by atoms with E-state index in [-0.39, 0.29) is 18.2 Å². The van der Waals surface area contributed by atoms with Crippen LogP contribution in [0.25, 0.3) is 0 Å². The molecule has 100 valence electrons. The van der Waals surface area contributed by atoms with Crippen molar-refractivity contribution in [3.63, 3.8) is 0 Å². The molecule has 5 heteroatoms. The Hall–Kier alpha value is -2.71. The van der Waals surface area contributed by atoms with Crippen LogP contribution in [0.3, 0.4) is 0 Å². The summed E-state index contributed by atoms with van der Waals surface area (Å²) in [5, 5.41) is 11.4. The van der Waals surface area contributed by atoms with E-state index in [1.165, 1.54) is 18.6 Å². The Morgan fingerprint density at radius 2 is 2.20 bits per heavy atom. The van der Waals surface area contributed by atoms with E-state index in [9.17, 15) is 4.79 Å². The van der Waals surface area contributed by atoms with E-state index in [0.29, 0.717) is 5.69 Å². The smallest absolute Gasteiger partial charge is 0.275 e. The molecule has 0 saturated carbocycles. The number of amides is 1. The van der Waals surface area contributed by atoms with Gasteiger partial charge in [-0.15, -0.1) is 0 Å². The average molecular weight is 267 g/mol. The van der Waals surface area contributed by atoms with Crippen LogP contribution in [0.1, 0.15) is 21.6 Å². The van der Waals surface area contributed by atoms with Gasteiger partial charge in [-0.2, -0.15) is 0 Å². The number of hydrogen-bond donors (Lipinski definition) is 2. The quantitative estimate of drug-likeness (QED) is 0.806. The van der Waals surface area contributed by atoms with Crippen molar-refractivity contribution in [1.82, 2.24) is 9.97 Å². The zero-order chi connectivity index (χ0) is 14.4. The SMILES string of the molecule is Cc1cc(C#CCO)cc(NC(=O)c2cnccn2)c1. The second kappa shape index (κ2) is 6.45. The summed E-state index contributed by atoms with van der Waals surface area (Å²) in [6.07, 6.45) is 4.37. The van der Waals surface area contributed by atoms with E-state index in [2.05, 4.69) is 27.1 Å². The summed E-state index contributed by atoms with van der Waals surface area (Å²) in [5.41, 5.74) is 2.57. The molecule has 0 aliphatic heterocycles. The largest absolute Gasteiger partial charge is 0.384 e. The summed E-state index contributed by atoms with van der Waals surface area (Å²) in [4.78, 5) is 19.7. The molecule has 0 bridgehead atoms. The van der Waals surface area contributed by atoms with Gasteiger partial charge in [-0.05, 0) is 30.7 Å². The third-order valence-electron chi connectivity index (χ3n) is 2.44. The Morgan fingerprint density at radius 1 is 1.35 bits per heavy atom. The van der Waals surface area contributed by atoms with Crippen molar-refractivity contribution < 1.29 is 9.90 Å². The summed E-state index contributed by atoms with van der Waals surface area (Å²) in [7, 11) is 0. The fraction of sp³-hybridized carbons (Fsp3) is 0.133. The molecular formula is C15H13N3O2. The van der Waals surface area contributed by atoms with Crippen LogP contribution in [-0.2, 0) is 0 Å². The van der Waals surface area contributed by atoms with Crippen LogP contribution in [0.5, 0.6) is 0 Å². The Balaban J connectivity index is 2.21. The Morgan fingerprint density at radius 3 is 2.90 bits per heavy atom. The normalized spacial score (nSPS) is 9.50. The number of carbonyl (C=O) groups excluding carboxylic acids is 1. The molecule has 0 spiro atoms. The number of nitrogens with one attached hydrogen (secondary N) is 1. The molecule has 2 N–H and O–H groups in total. The average Bonchev–Trinajstić information content (AvgIpc) is 2.45. The van der Waals surface area contributed by atoms with Gasteiger partial charge < -0.3 is 10.4 Å². The van der Waals surface area contributed by atoms with Crippen LogP contribution in [0.2, 0.25) is 0 Å². The lowest BCUT2D eigenvalue weighted by Crippen LogP contribution is -2.14. The first kappa shape index (κ1) is 13.7. The molecule has 2 aromatic rings. The van der Waals surface area contributed by atoms with Gasteiger partial charge in [0.25, 0.3) is 5.91 Å². The molecule has 0 atom stereocenters. The van der Waals surface area contributed by atoms with Crippen molar-refractivity contribution in [3.05, 3.63) is 53.6 Å². The zero-order valence-electron chi connectivity index (χ0n) is 10.9. The monoisotopic (exact) mass is 267 g/mol. The van der Waals surface area contributed by atoms with Gasteiger partial charge in [-0.1, -0.05) is 11.8 Å². The number of aromatic nitrogens is 2. The van der Waals surface area contributed by atoms with E-state index in [1.807, 2.05) is 19.1 Å². The molecule has 0 saturated heterocycles. The number of anilines is 1. The molecular weight excluding hydrogens is 254 g/mol.